The first-order chi connectivity index (χ1) is 13.6. The molecule has 0 radical (unpaired) electrons. The number of carbonyl (C=O) groups excluding carboxylic acids is 1. The van der Waals surface area contributed by atoms with Crippen LogP contribution in [0.1, 0.15) is 17.3 Å². The first-order valence-corrected chi connectivity index (χ1v) is 8.89. The van der Waals surface area contributed by atoms with Gasteiger partial charge in [-0.25, -0.2) is 13.6 Å². The number of hydrogen-bond acceptors (Lipinski definition) is 2. The quantitative estimate of drug-likeness (QED) is 0.728. The molecular formula is C21H19F2N3O2. The summed E-state index contributed by atoms with van der Waals surface area (Å²) in [6, 6.07) is 13.7. The molecule has 2 amide bonds. The van der Waals surface area contributed by atoms with Crippen molar-refractivity contribution < 1.29 is 18.3 Å². The third-order valence-corrected chi connectivity index (χ3v) is 4.91. The van der Waals surface area contributed by atoms with Gasteiger partial charge in [0.1, 0.15) is 5.75 Å². The first kappa shape index (κ1) is 18.0. The lowest BCUT2D eigenvalue weighted by Crippen LogP contribution is -2.44. The van der Waals surface area contributed by atoms with Crippen molar-refractivity contribution in [2.75, 3.05) is 19.0 Å². The topological polar surface area (TPSA) is 46.5 Å². The summed E-state index contributed by atoms with van der Waals surface area (Å²) in [6.45, 7) is 1.04. The fraction of sp³-hybridized carbons (Fsp3) is 0.190. The molecule has 144 valence electrons. The van der Waals surface area contributed by atoms with Crippen LogP contribution in [-0.4, -0.2) is 29.2 Å². The monoisotopic (exact) mass is 383 g/mol. The number of fused-ring (bicyclic) bond motifs is 1. The largest absolute Gasteiger partial charge is 0.495 e. The van der Waals surface area contributed by atoms with Crippen LogP contribution in [0.5, 0.6) is 5.75 Å². The van der Waals surface area contributed by atoms with E-state index in [1.807, 2.05) is 29.0 Å². The van der Waals surface area contributed by atoms with Crippen LogP contribution < -0.4 is 10.1 Å². The Hall–Kier alpha value is -3.35. The number of nitrogens with one attached hydrogen (secondary N) is 1. The van der Waals surface area contributed by atoms with Crippen molar-refractivity contribution >= 4 is 11.7 Å². The molecule has 2 heterocycles. The Labute approximate surface area is 161 Å². The summed E-state index contributed by atoms with van der Waals surface area (Å²) in [7, 11) is 1.53. The number of anilines is 1. The number of urea groups is 1. The molecule has 2 aromatic carbocycles. The molecule has 7 heteroatoms. The summed E-state index contributed by atoms with van der Waals surface area (Å²) in [5.41, 5.74) is 1.89. The number of amides is 2. The molecule has 0 saturated carbocycles. The Balaban J connectivity index is 1.70. The van der Waals surface area contributed by atoms with Gasteiger partial charge in [-0.1, -0.05) is 18.2 Å². The second-order valence-electron chi connectivity index (χ2n) is 6.53. The fourth-order valence-electron chi connectivity index (χ4n) is 3.57. The molecule has 5 nitrogen and oxygen atoms in total. The molecule has 3 aromatic rings. The zero-order valence-electron chi connectivity index (χ0n) is 15.2. The van der Waals surface area contributed by atoms with E-state index in [1.54, 1.807) is 23.1 Å². The van der Waals surface area contributed by atoms with Gasteiger partial charge in [0.25, 0.3) is 0 Å². The smallest absolute Gasteiger partial charge is 0.322 e. The Morgan fingerprint density at radius 2 is 1.89 bits per heavy atom. The normalized spacial score (nSPS) is 15.8. The summed E-state index contributed by atoms with van der Waals surface area (Å²) >= 11 is 0. The zero-order chi connectivity index (χ0) is 19.7. The molecule has 1 N–H and O–H groups in total. The molecule has 28 heavy (non-hydrogen) atoms. The van der Waals surface area contributed by atoms with Gasteiger partial charge in [-0.3, -0.25) is 0 Å². The van der Waals surface area contributed by atoms with Gasteiger partial charge in [-0.05, 0) is 42.0 Å². The Kier molecular flexibility index (Phi) is 4.73. The van der Waals surface area contributed by atoms with E-state index in [4.69, 9.17) is 4.74 Å². The summed E-state index contributed by atoms with van der Waals surface area (Å²) in [4.78, 5) is 14.7. The van der Waals surface area contributed by atoms with Gasteiger partial charge in [0.2, 0.25) is 0 Å². The van der Waals surface area contributed by atoms with E-state index in [2.05, 4.69) is 5.32 Å². The van der Waals surface area contributed by atoms with Crippen LogP contribution in [0.25, 0.3) is 0 Å². The SMILES string of the molecule is COc1ccccc1NC(=O)N1CCn2cccc2[C@H]1c1ccc(F)c(F)c1. The summed E-state index contributed by atoms with van der Waals surface area (Å²) in [5.74, 6) is -1.31. The van der Waals surface area contributed by atoms with Crippen LogP contribution in [0.4, 0.5) is 19.3 Å². The van der Waals surface area contributed by atoms with Crippen molar-refractivity contribution in [3.8, 4) is 5.75 Å². The Morgan fingerprint density at radius 3 is 2.68 bits per heavy atom. The molecule has 0 unspecified atom stereocenters. The number of para-hydroxylation sites is 2. The van der Waals surface area contributed by atoms with Gasteiger partial charge in [0.05, 0.1) is 18.8 Å². The van der Waals surface area contributed by atoms with Crippen LogP contribution in [-0.2, 0) is 6.54 Å². The van der Waals surface area contributed by atoms with Crippen molar-refractivity contribution in [3.05, 3.63) is 83.7 Å². The third kappa shape index (κ3) is 3.19. The van der Waals surface area contributed by atoms with Crippen molar-refractivity contribution in [3.63, 3.8) is 0 Å². The van der Waals surface area contributed by atoms with Gasteiger partial charge in [0.15, 0.2) is 11.6 Å². The highest BCUT2D eigenvalue weighted by molar-refractivity contribution is 5.91. The second kappa shape index (κ2) is 7.34. The zero-order valence-corrected chi connectivity index (χ0v) is 15.2. The van der Waals surface area contributed by atoms with Crippen LogP contribution in [0.15, 0.2) is 60.8 Å². The highest BCUT2D eigenvalue weighted by Crippen LogP contribution is 2.34. The molecule has 1 aliphatic heterocycles. The van der Waals surface area contributed by atoms with Crippen molar-refractivity contribution in [2.45, 2.75) is 12.6 Å². The minimum absolute atomic E-state index is 0.341. The van der Waals surface area contributed by atoms with Crippen molar-refractivity contribution in [1.82, 2.24) is 9.47 Å². The Morgan fingerprint density at radius 1 is 1.07 bits per heavy atom. The number of ether oxygens (including phenoxy) is 1. The number of rotatable bonds is 3. The molecule has 0 saturated heterocycles. The lowest BCUT2D eigenvalue weighted by Gasteiger charge is -2.37. The summed E-state index contributed by atoms with van der Waals surface area (Å²) < 4.78 is 34.6. The number of nitrogens with zero attached hydrogens (tertiary/aromatic N) is 2. The lowest BCUT2D eigenvalue weighted by atomic mass is 10.00. The number of benzene rings is 2. The number of hydrogen-bond donors (Lipinski definition) is 1. The lowest BCUT2D eigenvalue weighted by molar-refractivity contribution is 0.181. The maximum atomic E-state index is 13.9. The van der Waals surface area contributed by atoms with Crippen LogP contribution in [0, 0.1) is 11.6 Å². The van der Waals surface area contributed by atoms with Crippen LogP contribution in [0.3, 0.4) is 0 Å². The van der Waals surface area contributed by atoms with Gasteiger partial charge in [0, 0.05) is 25.0 Å². The number of aromatic nitrogens is 1. The predicted octanol–water partition coefficient (Wildman–Crippen LogP) is 4.41. The van der Waals surface area contributed by atoms with E-state index >= 15 is 0 Å². The van der Waals surface area contributed by atoms with E-state index in [0.717, 1.165) is 17.8 Å². The van der Waals surface area contributed by atoms with E-state index in [-0.39, 0.29) is 6.03 Å². The van der Waals surface area contributed by atoms with Gasteiger partial charge in [-0.2, -0.15) is 0 Å². The average molecular weight is 383 g/mol. The predicted molar refractivity (Wildman–Crippen MR) is 101 cm³/mol. The number of halogens is 2. The van der Waals surface area contributed by atoms with Crippen LogP contribution in [0.2, 0.25) is 0 Å². The van der Waals surface area contributed by atoms with Crippen molar-refractivity contribution in [2.24, 2.45) is 0 Å². The van der Waals surface area contributed by atoms with Crippen molar-refractivity contribution in [1.29, 1.82) is 0 Å². The highest BCUT2D eigenvalue weighted by atomic mass is 19.2. The molecule has 1 aromatic heterocycles. The van der Waals surface area contributed by atoms with Gasteiger partial charge in [-0.15, -0.1) is 0 Å². The van der Waals surface area contributed by atoms with Gasteiger partial charge >= 0.3 is 6.03 Å². The van der Waals surface area contributed by atoms with Gasteiger partial charge < -0.3 is 19.5 Å². The van der Waals surface area contributed by atoms with E-state index < -0.39 is 17.7 Å². The second-order valence-corrected chi connectivity index (χ2v) is 6.53. The number of carbonyl (C=O) groups is 1. The molecule has 0 aliphatic carbocycles. The highest BCUT2D eigenvalue weighted by Gasteiger charge is 2.33. The Bertz CT molecular complexity index is 1020. The molecule has 0 bridgehead atoms. The minimum Gasteiger partial charge on any atom is -0.495 e. The minimum atomic E-state index is -0.939. The van der Waals surface area contributed by atoms with Crippen LogP contribution >= 0.6 is 0 Å². The number of methoxy groups -OCH3 is 1. The van der Waals surface area contributed by atoms with E-state index in [0.29, 0.717) is 30.1 Å². The van der Waals surface area contributed by atoms with E-state index in [9.17, 15) is 13.6 Å². The molecular weight excluding hydrogens is 364 g/mol. The maximum Gasteiger partial charge on any atom is 0.322 e. The van der Waals surface area contributed by atoms with E-state index in [1.165, 1.54) is 13.2 Å². The third-order valence-electron chi connectivity index (χ3n) is 4.91. The maximum absolute atomic E-state index is 13.9. The standard InChI is InChI=1S/C21H19F2N3O2/c1-28-19-7-3-2-5-17(19)24-21(27)26-12-11-25-10-4-6-18(25)20(26)14-8-9-15(22)16(23)13-14/h2-10,13,20H,11-12H2,1H3,(H,24,27)/t20-/m1/s1. The summed E-state index contributed by atoms with van der Waals surface area (Å²) in [6.07, 6.45) is 1.91. The molecule has 1 atom stereocenters. The molecule has 4 rings (SSSR count). The molecule has 0 fully saturated rings. The first-order valence-electron chi connectivity index (χ1n) is 8.89. The average Bonchev–Trinajstić information content (AvgIpc) is 3.18. The fourth-order valence-corrected chi connectivity index (χ4v) is 3.57. The summed E-state index contributed by atoms with van der Waals surface area (Å²) in [5, 5.41) is 2.86. The molecule has 0 spiro atoms. The molecule has 1 aliphatic rings.